The molecule has 2 aromatic heterocycles. The van der Waals surface area contributed by atoms with Crippen LogP contribution in [0.1, 0.15) is 0 Å². The molecule has 0 bridgehead atoms. The van der Waals surface area contributed by atoms with Crippen LogP contribution < -0.4 is 9.04 Å². The summed E-state index contributed by atoms with van der Waals surface area (Å²) in [6.07, 6.45) is 2.84. The van der Waals surface area contributed by atoms with E-state index in [1.807, 2.05) is 0 Å². The number of halogens is 1. The normalized spacial score (nSPS) is 14.5. The van der Waals surface area contributed by atoms with Crippen molar-refractivity contribution in [3.63, 3.8) is 0 Å². The molecule has 124 valence electrons. The van der Waals surface area contributed by atoms with Gasteiger partial charge in [-0.25, -0.2) is 4.31 Å². The maximum atomic E-state index is 11.5. The van der Waals surface area contributed by atoms with Crippen molar-refractivity contribution in [2.45, 2.75) is 0 Å². The van der Waals surface area contributed by atoms with Crippen LogP contribution in [-0.4, -0.2) is 31.1 Å². The van der Waals surface area contributed by atoms with Crippen LogP contribution >= 0.6 is 11.6 Å². The Kier molecular flexibility index (Phi) is 3.41. The predicted molar refractivity (Wildman–Crippen MR) is 88.8 cm³/mol. The molecule has 3 aromatic rings. The summed E-state index contributed by atoms with van der Waals surface area (Å²) in [7, 11) is -4.40. The number of anilines is 1. The molecule has 0 aliphatic carbocycles. The van der Waals surface area contributed by atoms with E-state index in [0.717, 1.165) is 9.69 Å². The van der Waals surface area contributed by atoms with Crippen LogP contribution in [0, 0.1) is 0 Å². The van der Waals surface area contributed by atoms with E-state index < -0.39 is 10.3 Å². The van der Waals surface area contributed by atoms with Crippen LogP contribution in [0.25, 0.3) is 22.3 Å². The minimum absolute atomic E-state index is 0.00665. The van der Waals surface area contributed by atoms with Crippen molar-refractivity contribution < 1.29 is 22.1 Å². The Morgan fingerprint density at radius 2 is 2.08 bits per heavy atom. The number of aromatic nitrogens is 1. The molecular formula is C15H11ClN2O5S. The molecule has 9 heteroatoms. The molecule has 0 amide bonds. The molecule has 0 spiro atoms. The van der Waals surface area contributed by atoms with E-state index in [0.29, 0.717) is 27.7 Å². The lowest BCUT2D eigenvalue weighted by molar-refractivity contribution is 0.313. The van der Waals surface area contributed by atoms with Crippen molar-refractivity contribution in [1.82, 2.24) is 4.98 Å². The molecule has 1 aliphatic rings. The van der Waals surface area contributed by atoms with Crippen molar-refractivity contribution in [3.05, 3.63) is 41.7 Å². The predicted octanol–water partition coefficient (Wildman–Crippen LogP) is 3.15. The smallest absolute Gasteiger partial charge is 0.360 e. The Morgan fingerprint density at radius 1 is 1.25 bits per heavy atom. The van der Waals surface area contributed by atoms with Crippen LogP contribution in [-0.2, 0) is 10.3 Å². The van der Waals surface area contributed by atoms with Crippen LogP contribution in [0.2, 0.25) is 5.02 Å². The van der Waals surface area contributed by atoms with Gasteiger partial charge in [-0.1, -0.05) is 11.6 Å². The number of fused-ring (bicyclic) bond motifs is 2. The molecule has 7 nitrogen and oxygen atoms in total. The Balaban J connectivity index is 1.90. The second-order valence-electron chi connectivity index (χ2n) is 5.23. The van der Waals surface area contributed by atoms with Crippen molar-refractivity contribution in [1.29, 1.82) is 0 Å². The van der Waals surface area contributed by atoms with Gasteiger partial charge < -0.3 is 9.15 Å². The SMILES string of the molecule is O=S(=O)(O)N1CCOc2c(-c3cc4cc(Cl)ccc4o3)cncc21. The number of nitrogens with zero attached hydrogens (tertiary/aromatic N) is 2. The average Bonchev–Trinajstić information content (AvgIpc) is 2.95. The number of benzene rings is 1. The summed E-state index contributed by atoms with van der Waals surface area (Å²) in [4.78, 5) is 4.04. The lowest BCUT2D eigenvalue weighted by Gasteiger charge is -2.28. The maximum Gasteiger partial charge on any atom is 0.360 e. The molecule has 24 heavy (non-hydrogen) atoms. The van der Waals surface area contributed by atoms with Gasteiger partial charge in [0.25, 0.3) is 0 Å². The van der Waals surface area contributed by atoms with E-state index in [1.54, 1.807) is 24.3 Å². The summed E-state index contributed by atoms with van der Waals surface area (Å²) in [6, 6.07) is 6.99. The zero-order chi connectivity index (χ0) is 16.9. The van der Waals surface area contributed by atoms with Gasteiger partial charge in [-0.15, -0.1) is 0 Å². The molecule has 0 saturated carbocycles. The van der Waals surface area contributed by atoms with E-state index in [1.165, 1.54) is 12.4 Å². The van der Waals surface area contributed by atoms with Gasteiger partial charge in [0.05, 0.1) is 18.3 Å². The second kappa shape index (κ2) is 5.37. The van der Waals surface area contributed by atoms with E-state index in [9.17, 15) is 13.0 Å². The topological polar surface area (TPSA) is 92.9 Å². The Bertz CT molecular complexity index is 1050. The van der Waals surface area contributed by atoms with Gasteiger partial charge in [-0.05, 0) is 24.3 Å². The number of hydrogen-bond acceptors (Lipinski definition) is 5. The minimum atomic E-state index is -4.40. The molecule has 3 heterocycles. The van der Waals surface area contributed by atoms with Gasteiger partial charge in [0, 0.05) is 16.6 Å². The van der Waals surface area contributed by atoms with E-state index in [4.69, 9.17) is 20.8 Å². The molecule has 0 unspecified atom stereocenters. The van der Waals surface area contributed by atoms with Crippen molar-refractivity contribution in [2.75, 3.05) is 17.5 Å². The Hall–Kier alpha value is -2.29. The van der Waals surface area contributed by atoms with Crippen LogP contribution in [0.5, 0.6) is 5.75 Å². The molecule has 0 radical (unpaired) electrons. The highest BCUT2D eigenvalue weighted by molar-refractivity contribution is 7.87. The highest BCUT2D eigenvalue weighted by Gasteiger charge is 2.30. The van der Waals surface area contributed by atoms with E-state index in [-0.39, 0.29) is 18.8 Å². The van der Waals surface area contributed by atoms with Gasteiger partial charge >= 0.3 is 10.3 Å². The van der Waals surface area contributed by atoms with Crippen molar-refractivity contribution in [2.24, 2.45) is 0 Å². The summed E-state index contributed by atoms with van der Waals surface area (Å²) in [5.74, 6) is 0.757. The van der Waals surface area contributed by atoms with E-state index >= 15 is 0 Å². The number of furan rings is 1. The zero-order valence-corrected chi connectivity index (χ0v) is 13.7. The highest BCUT2D eigenvalue weighted by atomic mass is 35.5. The quantitative estimate of drug-likeness (QED) is 0.700. The summed E-state index contributed by atoms with van der Waals surface area (Å²) >= 11 is 5.98. The molecular weight excluding hydrogens is 356 g/mol. The van der Waals surface area contributed by atoms with Crippen molar-refractivity contribution in [3.8, 4) is 17.1 Å². The molecule has 0 fully saturated rings. The first kappa shape index (κ1) is 15.3. The monoisotopic (exact) mass is 366 g/mol. The van der Waals surface area contributed by atoms with Gasteiger partial charge in [0.15, 0.2) is 5.75 Å². The number of pyridine rings is 1. The van der Waals surface area contributed by atoms with E-state index in [2.05, 4.69) is 4.98 Å². The van der Waals surface area contributed by atoms with Crippen LogP contribution in [0.4, 0.5) is 5.69 Å². The summed E-state index contributed by atoms with van der Waals surface area (Å²) in [6.45, 7) is 0.114. The average molecular weight is 367 g/mol. The Morgan fingerprint density at radius 3 is 2.88 bits per heavy atom. The van der Waals surface area contributed by atoms with Crippen LogP contribution in [0.15, 0.2) is 41.1 Å². The maximum absolute atomic E-state index is 11.5. The van der Waals surface area contributed by atoms with Crippen molar-refractivity contribution >= 4 is 38.6 Å². The molecule has 1 N–H and O–H groups in total. The van der Waals surface area contributed by atoms with Gasteiger partial charge in [-0.3, -0.25) is 9.54 Å². The second-order valence-corrected chi connectivity index (χ2v) is 7.00. The fourth-order valence-corrected chi connectivity index (χ4v) is 3.54. The lowest BCUT2D eigenvalue weighted by atomic mass is 10.1. The summed E-state index contributed by atoms with van der Waals surface area (Å²) in [5, 5.41) is 1.38. The first-order chi connectivity index (χ1) is 11.4. The Labute approximate surface area is 142 Å². The van der Waals surface area contributed by atoms with Crippen LogP contribution in [0.3, 0.4) is 0 Å². The fraction of sp³-hybridized carbons (Fsp3) is 0.133. The highest BCUT2D eigenvalue weighted by Crippen LogP contribution is 2.42. The summed E-state index contributed by atoms with van der Waals surface area (Å²) < 4.78 is 44.7. The number of rotatable bonds is 2. The standard InChI is InChI=1S/C15H11ClN2O5S/c16-10-1-2-13-9(5-10)6-14(23-13)11-7-17-8-12-15(11)22-4-3-18(12)24(19,20)21/h1-2,5-8H,3-4H2,(H,19,20,21). The van der Waals surface area contributed by atoms with Gasteiger partial charge in [-0.2, -0.15) is 8.42 Å². The summed E-state index contributed by atoms with van der Waals surface area (Å²) in [5.41, 5.74) is 1.29. The third-order valence-electron chi connectivity index (χ3n) is 3.71. The van der Waals surface area contributed by atoms with Gasteiger partial charge in [0.2, 0.25) is 0 Å². The number of ether oxygens (including phenoxy) is 1. The lowest BCUT2D eigenvalue weighted by Crippen LogP contribution is -2.37. The third kappa shape index (κ3) is 2.48. The molecule has 4 rings (SSSR count). The fourth-order valence-electron chi connectivity index (χ4n) is 2.68. The van der Waals surface area contributed by atoms with Gasteiger partial charge in [0.1, 0.15) is 23.6 Å². The zero-order valence-electron chi connectivity index (χ0n) is 12.1. The molecule has 0 atom stereocenters. The number of hydrogen-bond donors (Lipinski definition) is 1. The minimum Gasteiger partial charge on any atom is -0.489 e. The largest absolute Gasteiger partial charge is 0.489 e. The third-order valence-corrected chi connectivity index (χ3v) is 4.88. The first-order valence-corrected chi connectivity index (χ1v) is 8.76. The molecule has 0 saturated heterocycles. The molecule has 1 aromatic carbocycles. The first-order valence-electron chi connectivity index (χ1n) is 6.99. The molecule has 1 aliphatic heterocycles.